The first-order chi connectivity index (χ1) is 9.29. The summed E-state index contributed by atoms with van der Waals surface area (Å²) < 4.78 is 42.6. The number of rotatable bonds is 2. The molecule has 0 saturated heterocycles. The third kappa shape index (κ3) is 3.04. The summed E-state index contributed by atoms with van der Waals surface area (Å²) >= 11 is 0.721. The highest BCUT2D eigenvalue weighted by Gasteiger charge is 2.30. The number of nitrogens with zero attached hydrogens (tertiary/aromatic N) is 1. The number of hydrogen-bond acceptors (Lipinski definition) is 4. The van der Waals surface area contributed by atoms with E-state index in [9.17, 15) is 18.0 Å². The second-order valence-corrected chi connectivity index (χ2v) is 5.16. The van der Waals surface area contributed by atoms with Gasteiger partial charge in [0.05, 0.1) is 16.8 Å². The smallest absolute Gasteiger partial charge is 0.361 e. The Labute approximate surface area is 117 Å². The molecule has 20 heavy (non-hydrogen) atoms. The van der Waals surface area contributed by atoms with Crippen molar-refractivity contribution in [2.45, 2.75) is 24.9 Å². The van der Waals surface area contributed by atoms with Crippen molar-refractivity contribution in [1.82, 2.24) is 5.16 Å². The molecule has 0 aliphatic heterocycles. The summed E-state index contributed by atoms with van der Waals surface area (Å²) in [5, 5.41) is 3.26. The first kappa shape index (κ1) is 14.6. The quantitative estimate of drug-likeness (QED) is 0.778. The minimum Gasteiger partial charge on any atom is -0.361 e. The fraction of sp³-hybridized carbons (Fsp3) is 0.231. The predicted octanol–water partition coefficient (Wildman–Crippen LogP) is 4.24. The van der Waals surface area contributed by atoms with Gasteiger partial charge >= 0.3 is 6.18 Å². The molecule has 0 atom stereocenters. The van der Waals surface area contributed by atoms with E-state index < -0.39 is 11.7 Å². The summed E-state index contributed by atoms with van der Waals surface area (Å²) in [6, 6.07) is 4.63. The number of aryl methyl sites for hydroxylation is 2. The van der Waals surface area contributed by atoms with Gasteiger partial charge in [0, 0.05) is 4.90 Å². The molecule has 1 aromatic carbocycles. The molecular formula is C13H10F3NO2S. The molecule has 2 aromatic rings. The lowest BCUT2D eigenvalue weighted by atomic mass is 10.2. The largest absolute Gasteiger partial charge is 0.416 e. The van der Waals surface area contributed by atoms with Gasteiger partial charge in [0.15, 0.2) is 0 Å². The van der Waals surface area contributed by atoms with Crippen molar-refractivity contribution in [2.24, 2.45) is 0 Å². The second kappa shape index (κ2) is 5.32. The van der Waals surface area contributed by atoms with Crippen molar-refractivity contribution in [1.29, 1.82) is 0 Å². The van der Waals surface area contributed by atoms with Crippen LogP contribution >= 0.6 is 11.8 Å². The minimum atomic E-state index is -4.43. The lowest BCUT2D eigenvalue weighted by molar-refractivity contribution is -0.137. The number of alkyl halides is 3. The summed E-state index contributed by atoms with van der Waals surface area (Å²) in [4.78, 5) is 12.3. The number of carbonyl (C=O) groups excluding carboxylic acids is 1. The maximum Gasteiger partial charge on any atom is 0.416 e. The van der Waals surface area contributed by atoms with Crippen LogP contribution in [0.5, 0.6) is 0 Å². The van der Waals surface area contributed by atoms with Crippen LogP contribution < -0.4 is 0 Å². The van der Waals surface area contributed by atoms with Crippen molar-refractivity contribution in [3.8, 4) is 0 Å². The highest BCUT2D eigenvalue weighted by atomic mass is 32.2. The van der Waals surface area contributed by atoms with Gasteiger partial charge in [-0.25, -0.2) is 0 Å². The van der Waals surface area contributed by atoms with E-state index in [-0.39, 0.29) is 10.0 Å². The van der Waals surface area contributed by atoms with Gasteiger partial charge in [-0.15, -0.1) is 0 Å². The molecule has 3 nitrogen and oxygen atoms in total. The number of aromatic nitrogens is 1. The Balaban J connectivity index is 2.25. The molecule has 0 saturated carbocycles. The molecule has 0 aliphatic rings. The molecule has 0 unspecified atom stereocenters. The zero-order valence-corrected chi connectivity index (χ0v) is 11.4. The SMILES string of the molecule is Cc1noc(C)c1C(=O)Sc1cccc(C(F)(F)F)c1. The molecule has 1 aromatic heterocycles. The van der Waals surface area contributed by atoms with E-state index in [0.29, 0.717) is 17.0 Å². The molecule has 0 amide bonds. The van der Waals surface area contributed by atoms with Crippen LogP contribution in [0.25, 0.3) is 0 Å². The van der Waals surface area contributed by atoms with E-state index in [2.05, 4.69) is 5.16 Å². The van der Waals surface area contributed by atoms with Crippen LogP contribution in [0.3, 0.4) is 0 Å². The van der Waals surface area contributed by atoms with Gasteiger partial charge in [0.1, 0.15) is 5.76 Å². The standard InChI is InChI=1S/C13H10F3NO2S/c1-7-11(8(2)19-17-7)12(18)20-10-5-3-4-9(6-10)13(14,15)16/h3-6H,1-2H3. The van der Waals surface area contributed by atoms with E-state index in [1.54, 1.807) is 13.8 Å². The lowest BCUT2D eigenvalue weighted by Crippen LogP contribution is -2.04. The average molecular weight is 301 g/mol. The maximum atomic E-state index is 12.6. The summed E-state index contributed by atoms with van der Waals surface area (Å²) in [5.41, 5.74) is -0.0616. The van der Waals surface area contributed by atoms with E-state index in [4.69, 9.17) is 4.52 Å². The van der Waals surface area contributed by atoms with Crippen LogP contribution in [0.15, 0.2) is 33.7 Å². The van der Waals surface area contributed by atoms with Crippen molar-refractivity contribution in [3.05, 3.63) is 46.8 Å². The van der Waals surface area contributed by atoms with Gasteiger partial charge in [-0.2, -0.15) is 13.2 Å². The van der Waals surface area contributed by atoms with Gasteiger partial charge in [0.25, 0.3) is 0 Å². The van der Waals surface area contributed by atoms with Crippen LogP contribution in [0.4, 0.5) is 13.2 Å². The van der Waals surface area contributed by atoms with Crippen LogP contribution in [0.2, 0.25) is 0 Å². The number of hydrogen-bond donors (Lipinski definition) is 0. The summed E-state index contributed by atoms with van der Waals surface area (Å²) in [5.74, 6) is 0.354. The Kier molecular flexibility index (Phi) is 3.89. The Morgan fingerprint density at radius 2 is 2.00 bits per heavy atom. The fourth-order valence-corrected chi connectivity index (χ4v) is 2.61. The highest BCUT2D eigenvalue weighted by molar-refractivity contribution is 8.14. The van der Waals surface area contributed by atoms with Crippen molar-refractivity contribution < 1.29 is 22.5 Å². The highest BCUT2D eigenvalue weighted by Crippen LogP contribution is 2.33. The van der Waals surface area contributed by atoms with E-state index in [1.165, 1.54) is 12.1 Å². The van der Waals surface area contributed by atoms with E-state index >= 15 is 0 Å². The van der Waals surface area contributed by atoms with Crippen molar-refractivity contribution in [3.63, 3.8) is 0 Å². The molecule has 0 aliphatic carbocycles. The predicted molar refractivity (Wildman–Crippen MR) is 67.6 cm³/mol. The molecular weight excluding hydrogens is 291 g/mol. The van der Waals surface area contributed by atoms with Crippen molar-refractivity contribution >= 4 is 16.9 Å². The van der Waals surface area contributed by atoms with E-state index in [1.807, 2.05) is 0 Å². The van der Waals surface area contributed by atoms with Crippen LogP contribution in [-0.4, -0.2) is 10.3 Å². The van der Waals surface area contributed by atoms with Gasteiger partial charge in [0.2, 0.25) is 5.12 Å². The van der Waals surface area contributed by atoms with Crippen LogP contribution in [0, 0.1) is 13.8 Å². The number of carbonyl (C=O) groups is 1. The molecule has 2 rings (SSSR count). The third-order valence-corrected chi connectivity index (χ3v) is 3.49. The monoisotopic (exact) mass is 301 g/mol. The fourth-order valence-electron chi connectivity index (χ4n) is 1.67. The summed E-state index contributed by atoms with van der Waals surface area (Å²) in [7, 11) is 0. The maximum absolute atomic E-state index is 12.6. The molecule has 0 spiro atoms. The Hall–Kier alpha value is -1.76. The van der Waals surface area contributed by atoms with Crippen molar-refractivity contribution in [2.75, 3.05) is 0 Å². The first-order valence-electron chi connectivity index (χ1n) is 5.61. The summed E-state index contributed by atoms with van der Waals surface area (Å²) in [6.07, 6.45) is -4.43. The van der Waals surface area contributed by atoms with Gasteiger partial charge < -0.3 is 4.52 Å². The van der Waals surface area contributed by atoms with Gasteiger partial charge in [-0.1, -0.05) is 11.2 Å². The third-order valence-electron chi connectivity index (χ3n) is 2.61. The normalized spacial score (nSPS) is 11.7. The molecule has 0 bridgehead atoms. The van der Waals surface area contributed by atoms with Crippen LogP contribution in [-0.2, 0) is 6.18 Å². The summed E-state index contributed by atoms with van der Waals surface area (Å²) in [6.45, 7) is 3.19. The molecule has 0 fully saturated rings. The zero-order chi connectivity index (χ0) is 14.9. The molecule has 1 heterocycles. The number of thioether (sulfide) groups is 1. The van der Waals surface area contributed by atoms with E-state index in [0.717, 1.165) is 23.9 Å². The first-order valence-corrected chi connectivity index (χ1v) is 6.43. The molecule has 106 valence electrons. The number of halogens is 3. The average Bonchev–Trinajstić information content (AvgIpc) is 2.68. The molecule has 0 radical (unpaired) electrons. The minimum absolute atomic E-state index is 0.227. The second-order valence-electron chi connectivity index (χ2n) is 4.11. The molecule has 7 heteroatoms. The Morgan fingerprint density at radius 1 is 1.30 bits per heavy atom. The lowest BCUT2D eigenvalue weighted by Gasteiger charge is -2.07. The number of benzene rings is 1. The van der Waals surface area contributed by atoms with Gasteiger partial charge in [-0.05, 0) is 43.8 Å². The Bertz CT molecular complexity index is 630. The van der Waals surface area contributed by atoms with Gasteiger partial charge in [-0.3, -0.25) is 4.79 Å². The molecule has 0 N–H and O–H groups in total. The topological polar surface area (TPSA) is 43.1 Å². The Morgan fingerprint density at radius 3 is 2.55 bits per heavy atom. The van der Waals surface area contributed by atoms with Crippen LogP contribution in [0.1, 0.15) is 27.4 Å². The zero-order valence-electron chi connectivity index (χ0n) is 10.6.